The molecule has 1 unspecified atom stereocenters. The highest BCUT2D eigenvalue weighted by Crippen LogP contribution is 2.31. The molecule has 1 N–H and O–H groups in total. The Bertz CT molecular complexity index is 578. The van der Waals surface area contributed by atoms with Crippen LogP contribution in [0.25, 0.3) is 0 Å². The molecule has 0 radical (unpaired) electrons. The second kappa shape index (κ2) is 4.30. The minimum Gasteiger partial charge on any atom is -0.304 e. The zero-order chi connectivity index (χ0) is 13.5. The molecule has 0 fully saturated rings. The summed E-state index contributed by atoms with van der Waals surface area (Å²) in [6.07, 6.45) is -1.29. The predicted molar refractivity (Wildman–Crippen MR) is 59.1 cm³/mol. The lowest BCUT2D eigenvalue weighted by Gasteiger charge is -2.25. The van der Waals surface area contributed by atoms with Crippen molar-refractivity contribution in [3.63, 3.8) is 0 Å². The van der Waals surface area contributed by atoms with Gasteiger partial charge < -0.3 is 9.88 Å². The van der Waals surface area contributed by atoms with Crippen molar-refractivity contribution in [3.05, 3.63) is 41.7 Å². The summed E-state index contributed by atoms with van der Waals surface area (Å²) in [4.78, 5) is 3.89. The molecule has 8 heteroatoms. The summed E-state index contributed by atoms with van der Waals surface area (Å²) in [6, 6.07) is 3.10. The molecule has 5 nitrogen and oxygen atoms in total. The van der Waals surface area contributed by atoms with Crippen LogP contribution >= 0.6 is 0 Å². The van der Waals surface area contributed by atoms with Gasteiger partial charge in [0.1, 0.15) is 0 Å². The van der Waals surface area contributed by atoms with E-state index in [4.69, 9.17) is 0 Å². The van der Waals surface area contributed by atoms with Crippen LogP contribution in [0.5, 0.6) is 0 Å². The lowest BCUT2D eigenvalue weighted by Crippen LogP contribution is -2.35. The summed E-state index contributed by atoms with van der Waals surface area (Å²) in [7, 11) is 0. The van der Waals surface area contributed by atoms with Crippen LogP contribution in [-0.4, -0.2) is 26.3 Å². The number of nitrogens with one attached hydrogen (secondary N) is 1. The highest BCUT2D eigenvalue weighted by molar-refractivity contribution is 5.24. The third-order valence-electron chi connectivity index (χ3n) is 3.01. The molecular formula is C11H10F3N5. The van der Waals surface area contributed by atoms with Crippen molar-refractivity contribution in [1.82, 2.24) is 25.1 Å². The number of aromatic nitrogens is 4. The Balaban J connectivity index is 2.05. The lowest BCUT2D eigenvalue weighted by atomic mass is 10.1. The lowest BCUT2D eigenvalue weighted by molar-refractivity contribution is -0.147. The molecule has 0 saturated heterocycles. The number of rotatable bonds is 1. The maximum absolute atomic E-state index is 12.8. The molecule has 0 bridgehead atoms. The van der Waals surface area contributed by atoms with Gasteiger partial charge in [0.15, 0.2) is 5.82 Å². The molecule has 1 aliphatic heterocycles. The number of halogens is 3. The van der Waals surface area contributed by atoms with Crippen LogP contribution in [0.2, 0.25) is 0 Å². The van der Waals surface area contributed by atoms with Crippen LogP contribution in [0, 0.1) is 0 Å². The maximum Gasteiger partial charge on any atom is 0.451 e. The Morgan fingerprint density at radius 2 is 1.95 bits per heavy atom. The Morgan fingerprint density at radius 1 is 1.21 bits per heavy atom. The van der Waals surface area contributed by atoms with Crippen LogP contribution in [0.1, 0.15) is 23.3 Å². The molecule has 0 saturated carbocycles. The Labute approximate surface area is 106 Å². The van der Waals surface area contributed by atoms with Crippen LogP contribution < -0.4 is 5.32 Å². The van der Waals surface area contributed by atoms with Gasteiger partial charge in [-0.25, -0.2) is 0 Å². The van der Waals surface area contributed by atoms with E-state index in [2.05, 4.69) is 20.5 Å². The second-order valence-electron chi connectivity index (χ2n) is 4.20. The van der Waals surface area contributed by atoms with Crippen molar-refractivity contribution >= 4 is 0 Å². The van der Waals surface area contributed by atoms with E-state index in [1.807, 2.05) is 0 Å². The minimum absolute atomic E-state index is 0.207. The summed E-state index contributed by atoms with van der Waals surface area (Å²) < 4.78 is 39.5. The summed E-state index contributed by atoms with van der Waals surface area (Å²) in [5.74, 6) is -0.659. The van der Waals surface area contributed by atoms with Gasteiger partial charge in [0.25, 0.3) is 0 Å². The molecule has 0 aliphatic carbocycles. The molecule has 0 amide bonds. The molecule has 1 atom stereocenters. The monoisotopic (exact) mass is 269 g/mol. The smallest absolute Gasteiger partial charge is 0.304 e. The highest BCUT2D eigenvalue weighted by Gasteiger charge is 2.40. The van der Waals surface area contributed by atoms with Gasteiger partial charge in [0.2, 0.25) is 5.82 Å². The van der Waals surface area contributed by atoms with Gasteiger partial charge in [-0.2, -0.15) is 13.2 Å². The summed E-state index contributed by atoms with van der Waals surface area (Å²) in [6.45, 7) is 0.639. The Morgan fingerprint density at radius 3 is 2.63 bits per heavy atom. The third-order valence-corrected chi connectivity index (χ3v) is 3.01. The standard InChI is InChI=1S/C11H10F3N5/c12-11(13,14)10-18-17-9-8(16-5-6-19(9)10)7-1-3-15-4-2-7/h1-4,8,16H,5-6H2. The topological polar surface area (TPSA) is 55.6 Å². The SMILES string of the molecule is FC(F)(F)c1nnc2n1CCNC2c1ccncc1. The van der Waals surface area contributed by atoms with Gasteiger partial charge in [0.05, 0.1) is 6.04 Å². The molecule has 1 aliphatic rings. The Hall–Kier alpha value is -1.96. The molecule has 0 spiro atoms. The van der Waals surface area contributed by atoms with E-state index in [9.17, 15) is 13.2 Å². The molecule has 3 rings (SSSR count). The molecule has 100 valence electrons. The van der Waals surface area contributed by atoms with Gasteiger partial charge in [-0.1, -0.05) is 0 Å². The first kappa shape index (κ1) is 12.1. The molecule has 19 heavy (non-hydrogen) atoms. The molecule has 2 aromatic rings. The van der Waals surface area contributed by atoms with Crippen molar-refractivity contribution in [2.75, 3.05) is 6.54 Å². The van der Waals surface area contributed by atoms with Crippen LogP contribution in [0.3, 0.4) is 0 Å². The fourth-order valence-corrected chi connectivity index (χ4v) is 2.19. The van der Waals surface area contributed by atoms with Crippen LogP contribution in [-0.2, 0) is 12.7 Å². The van der Waals surface area contributed by atoms with Crippen molar-refractivity contribution < 1.29 is 13.2 Å². The number of hydrogen-bond acceptors (Lipinski definition) is 4. The van der Waals surface area contributed by atoms with Gasteiger partial charge in [-0.05, 0) is 17.7 Å². The van der Waals surface area contributed by atoms with E-state index < -0.39 is 12.0 Å². The zero-order valence-corrected chi connectivity index (χ0v) is 9.72. The molecule has 3 heterocycles. The molecule has 2 aromatic heterocycles. The second-order valence-corrected chi connectivity index (χ2v) is 4.20. The van der Waals surface area contributed by atoms with E-state index >= 15 is 0 Å². The highest BCUT2D eigenvalue weighted by atomic mass is 19.4. The fraction of sp³-hybridized carbons (Fsp3) is 0.364. The first-order valence-electron chi connectivity index (χ1n) is 5.71. The quantitative estimate of drug-likeness (QED) is 0.850. The third kappa shape index (κ3) is 2.07. The summed E-state index contributed by atoms with van der Waals surface area (Å²) in [5.41, 5.74) is 0.817. The average Bonchev–Trinajstić information content (AvgIpc) is 2.83. The number of nitrogens with zero attached hydrogens (tertiary/aromatic N) is 4. The van der Waals surface area contributed by atoms with E-state index in [-0.39, 0.29) is 18.4 Å². The first-order valence-corrected chi connectivity index (χ1v) is 5.71. The number of alkyl halides is 3. The van der Waals surface area contributed by atoms with Crippen molar-refractivity contribution in [2.45, 2.75) is 18.8 Å². The van der Waals surface area contributed by atoms with Crippen molar-refractivity contribution in [1.29, 1.82) is 0 Å². The summed E-state index contributed by atoms with van der Waals surface area (Å²) in [5, 5.41) is 10.1. The Kier molecular flexibility index (Phi) is 2.74. The minimum atomic E-state index is -4.48. The predicted octanol–water partition coefficient (Wildman–Crippen LogP) is 1.38. The normalized spacial score (nSPS) is 19.2. The number of hydrogen-bond donors (Lipinski definition) is 1. The van der Waals surface area contributed by atoms with E-state index in [1.165, 1.54) is 0 Å². The van der Waals surface area contributed by atoms with Crippen LogP contribution in [0.15, 0.2) is 24.5 Å². The van der Waals surface area contributed by atoms with Gasteiger partial charge >= 0.3 is 6.18 Å². The largest absolute Gasteiger partial charge is 0.451 e. The number of fused-ring (bicyclic) bond motifs is 1. The van der Waals surface area contributed by atoms with Crippen molar-refractivity contribution in [3.8, 4) is 0 Å². The number of pyridine rings is 1. The van der Waals surface area contributed by atoms with Gasteiger partial charge in [-0.15, -0.1) is 10.2 Å². The first-order chi connectivity index (χ1) is 9.07. The zero-order valence-electron chi connectivity index (χ0n) is 9.72. The van der Waals surface area contributed by atoms with Gasteiger partial charge in [0, 0.05) is 25.5 Å². The van der Waals surface area contributed by atoms with Crippen LogP contribution in [0.4, 0.5) is 13.2 Å². The van der Waals surface area contributed by atoms with E-state index in [1.54, 1.807) is 24.5 Å². The maximum atomic E-state index is 12.8. The molecule has 0 aromatic carbocycles. The average molecular weight is 269 g/mol. The molecular weight excluding hydrogens is 259 g/mol. The van der Waals surface area contributed by atoms with Gasteiger partial charge in [-0.3, -0.25) is 4.98 Å². The van der Waals surface area contributed by atoms with E-state index in [0.29, 0.717) is 6.54 Å². The summed E-state index contributed by atoms with van der Waals surface area (Å²) >= 11 is 0. The van der Waals surface area contributed by atoms with Crippen molar-refractivity contribution in [2.24, 2.45) is 0 Å². The fourth-order valence-electron chi connectivity index (χ4n) is 2.19. The van der Waals surface area contributed by atoms with E-state index in [0.717, 1.165) is 10.1 Å².